The van der Waals surface area contributed by atoms with E-state index in [1.807, 2.05) is 14.0 Å². The minimum atomic E-state index is -0.767. The van der Waals surface area contributed by atoms with E-state index in [-0.39, 0.29) is 11.9 Å². The van der Waals surface area contributed by atoms with Gasteiger partial charge in [-0.15, -0.1) is 0 Å². The Balaban J connectivity index is 1.83. The Hall–Kier alpha value is -1.40. The summed E-state index contributed by atoms with van der Waals surface area (Å²) >= 11 is 0. The van der Waals surface area contributed by atoms with Crippen LogP contribution in [0.1, 0.15) is 25.8 Å². The molecule has 0 saturated carbocycles. The fourth-order valence-corrected chi connectivity index (χ4v) is 2.24. The number of aromatic nitrogens is 2. The fraction of sp³-hybridized carbons (Fsp3) is 0.692. The first-order valence-electron chi connectivity index (χ1n) is 6.66. The maximum atomic E-state index is 12.0. The second-order valence-corrected chi connectivity index (χ2v) is 5.43. The number of hydrogen-bond donors (Lipinski definition) is 2. The van der Waals surface area contributed by atoms with Gasteiger partial charge in [0.2, 0.25) is 5.91 Å². The lowest BCUT2D eigenvalue weighted by Crippen LogP contribution is -2.50. The number of piperidine rings is 1. The molecule has 2 rings (SSSR count). The van der Waals surface area contributed by atoms with Crippen LogP contribution in [0.25, 0.3) is 0 Å². The Morgan fingerprint density at radius 1 is 1.53 bits per heavy atom. The van der Waals surface area contributed by atoms with Crippen molar-refractivity contribution in [1.82, 2.24) is 19.8 Å². The number of carbonyl (C=O) groups excluding carboxylic acids is 1. The average molecular weight is 266 g/mol. The lowest BCUT2D eigenvalue weighted by atomic mass is 9.91. The van der Waals surface area contributed by atoms with Gasteiger partial charge in [0.05, 0.1) is 11.9 Å². The summed E-state index contributed by atoms with van der Waals surface area (Å²) in [6.07, 6.45) is 6.42. The smallest absolute Gasteiger partial charge is 0.242 e. The van der Waals surface area contributed by atoms with Crippen LogP contribution < -0.4 is 5.32 Å². The molecule has 0 aromatic carbocycles. The maximum absolute atomic E-state index is 12.0. The van der Waals surface area contributed by atoms with Crippen molar-refractivity contribution < 1.29 is 9.90 Å². The zero-order chi connectivity index (χ0) is 13.9. The van der Waals surface area contributed by atoms with Crippen LogP contribution in [0.3, 0.4) is 0 Å². The predicted octanol–water partition coefficient (Wildman–Crippen LogP) is 0.0170. The molecule has 19 heavy (non-hydrogen) atoms. The summed E-state index contributed by atoms with van der Waals surface area (Å²) in [5, 5.41) is 13.2. The Morgan fingerprint density at radius 2 is 2.21 bits per heavy atom. The summed E-state index contributed by atoms with van der Waals surface area (Å²) < 4.78 is 1.74. The standard InChI is InChI=1S/C13H22N4O2/c1-11(17-8-5-14-10-17)12(18)15-9-13(19)3-6-16(2)7-4-13/h5,8,10-11,19H,3-4,6-7,9H2,1-2H3,(H,15,18). The number of nitrogens with zero attached hydrogens (tertiary/aromatic N) is 3. The molecule has 1 aliphatic heterocycles. The van der Waals surface area contributed by atoms with Gasteiger partial charge < -0.3 is 19.9 Å². The molecule has 6 nitrogen and oxygen atoms in total. The molecule has 1 atom stereocenters. The normalized spacial score (nSPS) is 21.0. The van der Waals surface area contributed by atoms with Crippen molar-refractivity contribution in [3.05, 3.63) is 18.7 Å². The van der Waals surface area contributed by atoms with Crippen molar-refractivity contribution in [2.24, 2.45) is 0 Å². The number of likely N-dealkylation sites (tertiary alicyclic amines) is 1. The van der Waals surface area contributed by atoms with Crippen molar-refractivity contribution in [3.63, 3.8) is 0 Å². The average Bonchev–Trinajstić information content (AvgIpc) is 2.93. The molecular formula is C13H22N4O2. The molecule has 0 radical (unpaired) electrons. The Labute approximate surface area is 113 Å². The first-order valence-corrected chi connectivity index (χ1v) is 6.66. The highest BCUT2D eigenvalue weighted by atomic mass is 16.3. The van der Waals surface area contributed by atoms with Crippen LogP contribution in [0, 0.1) is 0 Å². The number of rotatable bonds is 4. The van der Waals surface area contributed by atoms with E-state index >= 15 is 0 Å². The van der Waals surface area contributed by atoms with Crippen LogP contribution >= 0.6 is 0 Å². The van der Waals surface area contributed by atoms with E-state index in [0.29, 0.717) is 19.4 Å². The van der Waals surface area contributed by atoms with Gasteiger partial charge in [0.1, 0.15) is 6.04 Å². The van der Waals surface area contributed by atoms with E-state index in [9.17, 15) is 9.90 Å². The SMILES string of the molecule is CC(C(=O)NCC1(O)CCN(C)CC1)n1ccnc1. The molecule has 1 aromatic rings. The number of nitrogens with one attached hydrogen (secondary N) is 1. The van der Waals surface area contributed by atoms with Crippen LogP contribution in [0.5, 0.6) is 0 Å². The van der Waals surface area contributed by atoms with E-state index in [0.717, 1.165) is 13.1 Å². The van der Waals surface area contributed by atoms with Gasteiger partial charge in [-0.25, -0.2) is 4.98 Å². The molecule has 2 N–H and O–H groups in total. The number of carbonyl (C=O) groups is 1. The zero-order valence-electron chi connectivity index (χ0n) is 11.5. The minimum Gasteiger partial charge on any atom is -0.388 e. The zero-order valence-corrected chi connectivity index (χ0v) is 11.5. The van der Waals surface area contributed by atoms with E-state index in [1.165, 1.54) is 0 Å². The highest BCUT2D eigenvalue weighted by Crippen LogP contribution is 2.20. The summed E-state index contributed by atoms with van der Waals surface area (Å²) in [7, 11) is 2.04. The molecule has 0 aliphatic carbocycles. The minimum absolute atomic E-state index is 0.0923. The summed E-state index contributed by atoms with van der Waals surface area (Å²) in [5.41, 5.74) is -0.767. The first kappa shape index (κ1) is 14.0. The second kappa shape index (κ2) is 5.71. The van der Waals surface area contributed by atoms with E-state index in [2.05, 4.69) is 15.2 Å². The maximum Gasteiger partial charge on any atom is 0.242 e. The topological polar surface area (TPSA) is 70.4 Å². The molecule has 1 aromatic heterocycles. The van der Waals surface area contributed by atoms with E-state index in [1.54, 1.807) is 23.3 Å². The molecular weight excluding hydrogens is 244 g/mol. The van der Waals surface area contributed by atoms with Crippen LogP contribution in [-0.2, 0) is 4.79 Å². The highest BCUT2D eigenvalue weighted by Gasteiger charge is 2.31. The van der Waals surface area contributed by atoms with E-state index < -0.39 is 5.60 Å². The molecule has 6 heteroatoms. The van der Waals surface area contributed by atoms with Gasteiger partial charge >= 0.3 is 0 Å². The monoisotopic (exact) mass is 266 g/mol. The highest BCUT2D eigenvalue weighted by molar-refractivity contribution is 5.79. The molecule has 1 unspecified atom stereocenters. The lowest BCUT2D eigenvalue weighted by molar-refractivity contribution is -0.125. The summed E-state index contributed by atoms with van der Waals surface area (Å²) in [5.74, 6) is -0.0923. The number of aliphatic hydroxyl groups is 1. The molecule has 1 aliphatic rings. The van der Waals surface area contributed by atoms with Crippen molar-refractivity contribution in [1.29, 1.82) is 0 Å². The number of amides is 1. The Kier molecular flexibility index (Phi) is 4.21. The van der Waals surface area contributed by atoms with E-state index in [4.69, 9.17) is 0 Å². The summed E-state index contributed by atoms with van der Waals surface area (Å²) in [4.78, 5) is 18.1. The molecule has 2 heterocycles. The van der Waals surface area contributed by atoms with Crippen LogP contribution in [0.2, 0.25) is 0 Å². The van der Waals surface area contributed by atoms with Crippen molar-refractivity contribution in [2.75, 3.05) is 26.7 Å². The Bertz CT molecular complexity index is 410. The van der Waals surface area contributed by atoms with Gasteiger partial charge in [-0.05, 0) is 26.8 Å². The van der Waals surface area contributed by atoms with Crippen molar-refractivity contribution in [2.45, 2.75) is 31.4 Å². The number of imidazole rings is 1. The summed E-state index contributed by atoms with van der Waals surface area (Å²) in [6, 6.07) is -0.308. The van der Waals surface area contributed by atoms with Gasteiger partial charge in [0.15, 0.2) is 0 Å². The van der Waals surface area contributed by atoms with Gasteiger partial charge in [-0.2, -0.15) is 0 Å². The third-order valence-corrected chi connectivity index (χ3v) is 3.86. The first-order chi connectivity index (χ1) is 9.00. The molecule has 1 saturated heterocycles. The summed E-state index contributed by atoms with van der Waals surface area (Å²) in [6.45, 7) is 3.86. The van der Waals surface area contributed by atoms with Crippen LogP contribution in [0.4, 0.5) is 0 Å². The third kappa shape index (κ3) is 3.54. The van der Waals surface area contributed by atoms with Crippen molar-refractivity contribution >= 4 is 5.91 Å². The second-order valence-electron chi connectivity index (χ2n) is 5.43. The van der Waals surface area contributed by atoms with Gasteiger partial charge in [-0.1, -0.05) is 0 Å². The molecule has 0 bridgehead atoms. The lowest BCUT2D eigenvalue weighted by Gasteiger charge is -2.36. The van der Waals surface area contributed by atoms with Gasteiger partial charge in [0.25, 0.3) is 0 Å². The van der Waals surface area contributed by atoms with Crippen molar-refractivity contribution in [3.8, 4) is 0 Å². The fourth-order valence-electron chi connectivity index (χ4n) is 2.24. The van der Waals surface area contributed by atoms with Crippen LogP contribution in [-0.4, -0.2) is 57.7 Å². The van der Waals surface area contributed by atoms with Crippen LogP contribution in [0.15, 0.2) is 18.7 Å². The molecule has 0 spiro atoms. The van der Waals surface area contributed by atoms with Gasteiger partial charge in [0, 0.05) is 32.0 Å². The molecule has 1 amide bonds. The number of hydrogen-bond acceptors (Lipinski definition) is 4. The molecule has 106 valence electrons. The largest absolute Gasteiger partial charge is 0.388 e. The van der Waals surface area contributed by atoms with Gasteiger partial charge in [-0.3, -0.25) is 4.79 Å². The quantitative estimate of drug-likeness (QED) is 0.806. The Morgan fingerprint density at radius 3 is 2.79 bits per heavy atom. The molecule has 1 fully saturated rings. The third-order valence-electron chi connectivity index (χ3n) is 3.86. The predicted molar refractivity (Wildman–Crippen MR) is 71.6 cm³/mol.